The van der Waals surface area contributed by atoms with Gasteiger partial charge in [-0.25, -0.2) is 9.18 Å². The van der Waals surface area contributed by atoms with Crippen molar-refractivity contribution in [1.29, 1.82) is 0 Å². The van der Waals surface area contributed by atoms with Crippen LogP contribution in [0.2, 0.25) is 0 Å². The van der Waals surface area contributed by atoms with Gasteiger partial charge in [0.05, 0.1) is 25.1 Å². The van der Waals surface area contributed by atoms with Crippen molar-refractivity contribution >= 4 is 25.7 Å². The summed E-state index contributed by atoms with van der Waals surface area (Å²) in [6.45, 7) is 0.446. The van der Waals surface area contributed by atoms with Gasteiger partial charge in [-0.15, -0.1) is 11.8 Å². The Balaban J connectivity index is 1.67. The molecule has 0 aliphatic carbocycles. The lowest BCUT2D eigenvalue weighted by molar-refractivity contribution is 0.0287. The second kappa shape index (κ2) is 7.20. The molecule has 0 bridgehead atoms. The highest BCUT2D eigenvalue weighted by molar-refractivity contribution is 8.00. The smallest absolute Gasteiger partial charge is 0.377 e. The molecule has 1 aromatic rings. The lowest BCUT2D eigenvalue weighted by Crippen LogP contribution is -2.34. The van der Waals surface area contributed by atoms with Crippen molar-refractivity contribution in [2.75, 3.05) is 25.6 Å². The van der Waals surface area contributed by atoms with Gasteiger partial charge in [0.25, 0.3) is 0 Å². The highest BCUT2D eigenvalue weighted by Crippen LogP contribution is 2.60. The summed E-state index contributed by atoms with van der Waals surface area (Å²) in [5.74, 6) is 0.0358. The highest BCUT2D eigenvalue weighted by atomic mass is 32.2. The number of hydrogen-bond acceptors (Lipinski definition) is 9. The Labute approximate surface area is 141 Å². The molecule has 12 heteroatoms. The Kier molecular flexibility index (Phi) is 5.40. The van der Waals surface area contributed by atoms with Crippen LogP contribution in [0.15, 0.2) is 17.1 Å². The molecule has 2 aliphatic heterocycles. The number of alkyl halides is 1. The van der Waals surface area contributed by atoms with Gasteiger partial charge in [0.1, 0.15) is 17.3 Å². The van der Waals surface area contributed by atoms with E-state index in [1.807, 2.05) is 0 Å². The van der Waals surface area contributed by atoms with E-state index in [9.17, 15) is 19.2 Å². The van der Waals surface area contributed by atoms with Crippen LogP contribution in [0.5, 0.6) is 0 Å². The zero-order chi connectivity index (χ0) is 17.3. The number of rotatable bonds is 4. The molecule has 0 saturated carbocycles. The van der Waals surface area contributed by atoms with E-state index >= 15 is 0 Å². The molecule has 135 valence electrons. The molecule has 1 radical (unpaired) electrons. The van der Waals surface area contributed by atoms with Gasteiger partial charge in [-0.2, -0.15) is 4.98 Å². The van der Waals surface area contributed by atoms with Gasteiger partial charge in [-0.05, 0) is 12.5 Å². The Morgan fingerprint density at radius 3 is 2.92 bits per heavy atom. The lowest BCUT2D eigenvalue weighted by Gasteiger charge is -2.32. The van der Waals surface area contributed by atoms with E-state index in [0.717, 1.165) is 16.3 Å². The summed E-state index contributed by atoms with van der Waals surface area (Å²) in [7, 11) is -3.41. The molecule has 4 atom stereocenters. The molecule has 0 amide bonds. The third-order valence-corrected chi connectivity index (χ3v) is 6.64. The predicted octanol–water partition coefficient (Wildman–Crippen LogP) is 0.262. The molecule has 3 rings (SSSR count). The molecule has 2 saturated heterocycles. The van der Waals surface area contributed by atoms with Crippen LogP contribution in [0, 0.1) is 0 Å². The van der Waals surface area contributed by atoms with Crippen LogP contribution >= 0.6 is 19.9 Å². The Morgan fingerprint density at radius 1 is 1.54 bits per heavy atom. The topological polar surface area (TPSA) is 129 Å². The Hall–Kier alpha value is -0.810. The molecule has 2 fully saturated rings. The normalized spacial score (nSPS) is 32.8. The fourth-order valence-electron chi connectivity index (χ4n) is 2.38. The van der Waals surface area contributed by atoms with Crippen molar-refractivity contribution < 1.29 is 28.0 Å². The molecule has 1 aromatic heterocycles. The van der Waals surface area contributed by atoms with Crippen LogP contribution in [0.4, 0.5) is 10.2 Å². The van der Waals surface area contributed by atoms with E-state index in [-0.39, 0.29) is 12.4 Å². The molecule has 9 nitrogen and oxygen atoms in total. The number of nitrogen functional groups attached to an aromatic ring is 1. The van der Waals surface area contributed by atoms with E-state index in [2.05, 4.69) is 4.98 Å². The predicted molar refractivity (Wildman–Crippen MR) is 85.8 cm³/mol. The van der Waals surface area contributed by atoms with Gasteiger partial charge in [0.2, 0.25) is 0 Å². The first-order valence-electron chi connectivity index (χ1n) is 7.27. The molecule has 0 spiro atoms. The van der Waals surface area contributed by atoms with E-state index in [4.69, 9.17) is 19.3 Å². The Morgan fingerprint density at radius 2 is 2.25 bits per heavy atom. The van der Waals surface area contributed by atoms with Crippen LogP contribution < -0.4 is 11.4 Å². The van der Waals surface area contributed by atoms with Crippen LogP contribution in [0.3, 0.4) is 0 Å². The second-order valence-electron chi connectivity index (χ2n) is 5.33. The molecule has 0 unspecified atom stereocenters. The number of halogens is 1. The molecule has 4 N–H and O–H groups in total. The lowest BCUT2D eigenvalue weighted by atomic mass is 10.1. The summed E-state index contributed by atoms with van der Waals surface area (Å²) >= 11 is 1.01. The van der Waals surface area contributed by atoms with Gasteiger partial charge in [-0.3, -0.25) is 18.1 Å². The molecule has 0 aromatic carbocycles. The quantitative estimate of drug-likeness (QED) is 0.628. The van der Waals surface area contributed by atoms with Crippen molar-refractivity contribution in [3.8, 4) is 0 Å². The minimum Gasteiger partial charge on any atom is -0.389 e. The van der Waals surface area contributed by atoms with E-state index < -0.39 is 36.8 Å². The molecular weight excluding hydrogens is 364 g/mol. The fraction of sp³-hybridized carbons (Fsp3) is 0.667. The number of hydrogen-bond donors (Lipinski definition) is 3. The zero-order valence-corrected chi connectivity index (χ0v) is 14.2. The van der Waals surface area contributed by atoms with E-state index in [0.29, 0.717) is 19.6 Å². The highest BCUT2D eigenvalue weighted by Gasteiger charge is 2.46. The van der Waals surface area contributed by atoms with Gasteiger partial charge in [0.15, 0.2) is 6.17 Å². The second-order valence-corrected chi connectivity index (χ2v) is 8.40. The van der Waals surface area contributed by atoms with Crippen molar-refractivity contribution in [2.24, 2.45) is 0 Å². The van der Waals surface area contributed by atoms with Crippen molar-refractivity contribution in [1.82, 2.24) is 9.55 Å². The number of aliphatic hydroxyl groups excluding tert-OH is 1. The van der Waals surface area contributed by atoms with Crippen molar-refractivity contribution in [3.05, 3.63) is 22.7 Å². The van der Waals surface area contributed by atoms with Gasteiger partial charge in [-0.1, -0.05) is 0 Å². The van der Waals surface area contributed by atoms with Crippen molar-refractivity contribution in [2.45, 2.75) is 29.3 Å². The summed E-state index contributed by atoms with van der Waals surface area (Å²) in [5, 5.41) is 8.40. The van der Waals surface area contributed by atoms with Gasteiger partial charge >= 0.3 is 13.9 Å². The number of thioether (sulfide) groups is 1. The largest absolute Gasteiger partial charge is 0.389 e. The van der Waals surface area contributed by atoms with Crippen LogP contribution in [0.1, 0.15) is 11.8 Å². The summed E-state index contributed by atoms with van der Waals surface area (Å²) in [6.07, 6.45) is -1.10. The Bertz CT molecular complexity index is 645. The SMILES string of the molecule is Nc1ccn([C@@H]2S[C@H](CO[P]3(O)OCCCO3)[C@@H](O)[C@@H]2F)c(=O)n1. The first-order valence-corrected chi connectivity index (χ1v) is 9.71. The van der Waals surface area contributed by atoms with Gasteiger partial charge in [0, 0.05) is 6.20 Å². The third kappa shape index (κ3) is 3.72. The summed E-state index contributed by atoms with van der Waals surface area (Å²) in [4.78, 5) is 25.4. The minimum absolute atomic E-state index is 0.0358. The maximum atomic E-state index is 14.4. The van der Waals surface area contributed by atoms with E-state index in [1.54, 1.807) is 0 Å². The molecular formula is C12H18FN3O6PS. The van der Waals surface area contributed by atoms with E-state index in [1.165, 1.54) is 12.3 Å². The fourth-order valence-corrected chi connectivity index (χ4v) is 5.19. The average Bonchev–Trinajstić information content (AvgIpc) is 2.82. The molecule has 24 heavy (non-hydrogen) atoms. The number of nitrogens with zero attached hydrogens (tertiary/aromatic N) is 2. The zero-order valence-electron chi connectivity index (χ0n) is 12.5. The minimum atomic E-state index is -3.41. The maximum Gasteiger partial charge on any atom is 0.377 e. The summed E-state index contributed by atoms with van der Waals surface area (Å²) in [5.41, 5.74) is 4.71. The average molecular weight is 382 g/mol. The monoisotopic (exact) mass is 382 g/mol. The van der Waals surface area contributed by atoms with Crippen LogP contribution in [-0.4, -0.2) is 56.9 Å². The standard InChI is InChI=1S/C12H18FN3O6PS/c13-9-10(17)7(6-22-23(19)20-4-1-5-21-23)24-11(9)16-3-2-8(14)15-12(16)18/h2-3,7,9-11,17,19H,1,4-6H2,(H2,14,15,18)/t7-,9+,10-,11-/m1/s1. The number of anilines is 1. The third-order valence-electron chi connectivity index (χ3n) is 3.62. The number of aliphatic hydroxyl groups is 1. The van der Waals surface area contributed by atoms with Gasteiger partial charge < -0.3 is 15.7 Å². The van der Waals surface area contributed by atoms with Crippen LogP contribution in [-0.2, 0) is 13.6 Å². The van der Waals surface area contributed by atoms with Crippen molar-refractivity contribution in [3.63, 3.8) is 0 Å². The summed E-state index contributed by atoms with van der Waals surface area (Å²) < 4.78 is 30.9. The van der Waals surface area contributed by atoms with Crippen LogP contribution in [0.25, 0.3) is 0 Å². The summed E-state index contributed by atoms with van der Waals surface area (Å²) in [6, 6.07) is 1.38. The number of aromatic nitrogens is 2. The molecule has 2 aliphatic rings. The maximum absolute atomic E-state index is 14.4. The number of nitrogens with two attached hydrogens (primary N) is 1. The molecule has 3 heterocycles. The first-order chi connectivity index (χ1) is 11.4. The first kappa shape index (κ1) is 18.0.